The van der Waals surface area contributed by atoms with E-state index < -0.39 is 0 Å². The van der Waals surface area contributed by atoms with Gasteiger partial charge in [-0.25, -0.2) is 4.68 Å². The fraction of sp³-hybridized carbons (Fsp3) is 0.294. The first-order chi connectivity index (χ1) is 12.7. The van der Waals surface area contributed by atoms with Crippen LogP contribution in [0.2, 0.25) is 0 Å². The molecule has 0 bridgehead atoms. The molecule has 0 radical (unpaired) electrons. The molecule has 1 amide bonds. The summed E-state index contributed by atoms with van der Waals surface area (Å²) in [5.74, 6) is 1.06. The summed E-state index contributed by atoms with van der Waals surface area (Å²) >= 11 is 2.99. The van der Waals surface area contributed by atoms with Crippen molar-refractivity contribution in [3.05, 3.63) is 52.2 Å². The molecular weight excluding hydrogens is 370 g/mol. The number of thioether (sulfide) groups is 1. The normalized spacial score (nSPS) is 10.7. The molecule has 3 aromatic rings. The Hall–Kier alpha value is -2.39. The van der Waals surface area contributed by atoms with Gasteiger partial charge in [0.15, 0.2) is 0 Å². The minimum atomic E-state index is 0.00609. The third kappa shape index (κ3) is 4.61. The summed E-state index contributed by atoms with van der Waals surface area (Å²) in [7, 11) is 3.41. The number of nitrogens with zero attached hydrogens (tertiary/aromatic N) is 5. The number of thiophene rings is 1. The van der Waals surface area contributed by atoms with Gasteiger partial charge < -0.3 is 9.64 Å². The number of rotatable bonds is 8. The fourth-order valence-corrected chi connectivity index (χ4v) is 3.87. The van der Waals surface area contributed by atoms with Crippen LogP contribution < -0.4 is 4.74 Å². The van der Waals surface area contributed by atoms with E-state index in [4.69, 9.17) is 4.74 Å². The van der Waals surface area contributed by atoms with Gasteiger partial charge in [0.25, 0.3) is 0 Å². The Kier molecular flexibility index (Phi) is 6.24. The van der Waals surface area contributed by atoms with Gasteiger partial charge in [-0.15, -0.1) is 16.4 Å². The van der Waals surface area contributed by atoms with Crippen LogP contribution in [0.25, 0.3) is 0 Å². The van der Waals surface area contributed by atoms with Crippen LogP contribution >= 0.6 is 23.1 Å². The molecule has 0 spiro atoms. The average molecular weight is 390 g/mol. The molecule has 0 aliphatic heterocycles. The van der Waals surface area contributed by atoms with Crippen molar-refractivity contribution >= 4 is 29.0 Å². The maximum atomic E-state index is 12.5. The number of methoxy groups -OCH3 is 1. The molecule has 26 heavy (non-hydrogen) atoms. The van der Waals surface area contributed by atoms with E-state index in [1.165, 1.54) is 16.6 Å². The maximum absolute atomic E-state index is 12.5. The molecule has 0 saturated carbocycles. The van der Waals surface area contributed by atoms with Crippen LogP contribution in [0.4, 0.5) is 0 Å². The number of para-hydroxylation sites is 1. The molecule has 0 fully saturated rings. The molecular formula is C17H19N5O2S2. The zero-order valence-electron chi connectivity index (χ0n) is 14.5. The number of carbonyl (C=O) groups is 1. The van der Waals surface area contributed by atoms with E-state index in [2.05, 4.69) is 15.5 Å². The predicted octanol–water partition coefficient (Wildman–Crippen LogP) is 2.54. The Morgan fingerprint density at radius 1 is 1.31 bits per heavy atom. The van der Waals surface area contributed by atoms with Crippen LogP contribution in [0.15, 0.2) is 46.9 Å². The Morgan fingerprint density at radius 3 is 2.92 bits per heavy atom. The molecule has 2 aromatic heterocycles. The summed E-state index contributed by atoms with van der Waals surface area (Å²) in [6.45, 7) is 1.10. The number of ether oxygens (including phenoxy) is 1. The Bertz CT molecular complexity index is 850. The Labute approximate surface area is 160 Å². The third-order valence-corrected chi connectivity index (χ3v) is 5.54. The van der Waals surface area contributed by atoms with E-state index in [1.54, 1.807) is 35.1 Å². The summed E-state index contributed by atoms with van der Waals surface area (Å²) in [5, 5.41) is 14.4. The highest BCUT2D eigenvalue weighted by atomic mass is 32.2. The molecule has 7 nitrogen and oxygen atoms in total. The third-order valence-electron chi connectivity index (χ3n) is 3.74. The molecule has 3 rings (SSSR count). The van der Waals surface area contributed by atoms with Gasteiger partial charge in [0, 0.05) is 24.0 Å². The van der Waals surface area contributed by atoms with Gasteiger partial charge in [-0.1, -0.05) is 36.0 Å². The second-order valence-electron chi connectivity index (χ2n) is 5.55. The Morgan fingerprint density at radius 2 is 2.15 bits per heavy atom. The standard InChI is InChI=1S/C17H19N5O2S2/c1-21(10-13-6-3-4-8-15(13)24-2)16(23)12-26-17-18-19-20-22(17)11-14-7-5-9-25-14/h3-9H,10-12H2,1-2H3. The van der Waals surface area contributed by atoms with Crippen molar-refractivity contribution in [1.82, 2.24) is 25.1 Å². The highest BCUT2D eigenvalue weighted by Crippen LogP contribution is 2.20. The Balaban J connectivity index is 1.56. The topological polar surface area (TPSA) is 73.1 Å². The number of tetrazole rings is 1. The lowest BCUT2D eigenvalue weighted by Crippen LogP contribution is -2.28. The molecule has 0 N–H and O–H groups in total. The van der Waals surface area contributed by atoms with E-state index in [9.17, 15) is 4.79 Å². The first-order valence-corrected chi connectivity index (χ1v) is 9.81. The quantitative estimate of drug-likeness (QED) is 0.551. The molecule has 136 valence electrons. The van der Waals surface area contributed by atoms with Crippen molar-refractivity contribution < 1.29 is 9.53 Å². The summed E-state index contributed by atoms with van der Waals surface area (Å²) in [6.07, 6.45) is 0. The van der Waals surface area contributed by atoms with Crippen LogP contribution in [-0.2, 0) is 17.9 Å². The maximum Gasteiger partial charge on any atom is 0.233 e. The van der Waals surface area contributed by atoms with E-state index in [0.717, 1.165) is 11.3 Å². The van der Waals surface area contributed by atoms with Crippen LogP contribution in [0.5, 0.6) is 5.75 Å². The highest BCUT2D eigenvalue weighted by Gasteiger charge is 2.15. The SMILES string of the molecule is COc1ccccc1CN(C)C(=O)CSc1nnnn1Cc1cccs1. The van der Waals surface area contributed by atoms with E-state index >= 15 is 0 Å². The van der Waals surface area contributed by atoms with Crippen LogP contribution in [0.1, 0.15) is 10.4 Å². The van der Waals surface area contributed by atoms with Gasteiger partial charge in [0.1, 0.15) is 5.75 Å². The van der Waals surface area contributed by atoms with Crippen molar-refractivity contribution in [1.29, 1.82) is 0 Å². The van der Waals surface area contributed by atoms with Gasteiger partial charge in [0.05, 0.1) is 19.4 Å². The van der Waals surface area contributed by atoms with Gasteiger partial charge in [-0.2, -0.15) is 0 Å². The second kappa shape index (κ2) is 8.81. The summed E-state index contributed by atoms with van der Waals surface area (Å²) < 4.78 is 7.05. The first kappa shape index (κ1) is 18.4. The highest BCUT2D eigenvalue weighted by molar-refractivity contribution is 7.99. The van der Waals surface area contributed by atoms with Crippen LogP contribution in [0.3, 0.4) is 0 Å². The molecule has 2 heterocycles. The van der Waals surface area contributed by atoms with Crippen molar-refractivity contribution in [2.24, 2.45) is 0 Å². The van der Waals surface area contributed by atoms with Gasteiger partial charge >= 0.3 is 0 Å². The van der Waals surface area contributed by atoms with Crippen LogP contribution in [0, 0.1) is 0 Å². The fourth-order valence-electron chi connectivity index (χ4n) is 2.36. The first-order valence-electron chi connectivity index (χ1n) is 7.94. The number of amides is 1. The number of hydrogen-bond acceptors (Lipinski definition) is 7. The van der Waals surface area contributed by atoms with Crippen molar-refractivity contribution in [2.75, 3.05) is 19.9 Å². The van der Waals surface area contributed by atoms with Gasteiger partial charge in [-0.3, -0.25) is 4.79 Å². The molecule has 0 saturated heterocycles. The molecule has 0 atom stereocenters. The van der Waals surface area contributed by atoms with Gasteiger partial charge in [0.2, 0.25) is 11.1 Å². The van der Waals surface area contributed by atoms with Gasteiger partial charge in [-0.05, 0) is 27.9 Å². The lowest BCUT2D eigenvalue weighted by atomic mass is 10.2. The minimum absolute atomic E-state index is 0.00609. The molecule has 1 aromatic carbocycles. The summed E-state index contributed by atoms with van der Waals surface area (Å²) in [5.41, 5.74) is 0.971. The van der Waals surface area contributed by atoms with Crippen LogP contribution in [-0.4, -0.2) is 50.9 Å². The summed E-state index contributed by atoms with van der Waals surface area (Å²) in [6, 6.07) is 11.7. The summed E-state index contributed by atoms with van der Waals surface area (Å²) in [4.78, 5) is 15.3. The van der Waals surface area contributed by atoms with Crippen molar-refractivity contribution in [3.63, 3.8) is 0 Å². The smallest absolute Gasteiger partial charge is 0.233 e. The molecule has 9 heteroatoms. The minimum Gasteiger partial charge on any atom is -0.496 e. The van der Waals surface area contributed by atoms with E-state index in [0.29, 0.717) is 18.2 Å². The molecule has 0 aliphatic rings. The molecule has 0 unspecified atom stereocenters. The number of benzene rings is 1. The molecule has 0 aliphatic carbocycles. The van der Waals surface area contributed by atoms with E-state index in [1.807, 2.05) is 41.8 Å². The lowest BCUT2D eigenvalue weighted by molar-refractivity contribution is -0.127. The number of carbonyl (C=O) groups excluding carboxylic acids is 1. The second-order valence-corrected chi connectivity index (χ2v) is 7.52. The number of hydrogen-bond donors (Lipinski definition) is 0. The van der Waals surface area contributed by atoms with Crippen molar-refractivity contribution in [2.45, 2.75) is 18.2 Å². The average Bonchev–Trinajstić information content (AvgIpc) is 3.32. The number of aromatic nitrogens is 4. The monoisotopic (exact) mass is 389 g/mol. The zero-order valence-corrected chi connectivity index (χ0v) is 16.2. The van der Waals surface area contributed by atoms with Crippen molar-refractivity contribution in [3.8, 4) is 5.75 Å². The lowest BCUT2D eigenvalue weighted by Gasteiger charge is -2.18. The zero-order chi connectivity index (χ0) is 18.4. The predicted molar refractivity (Wildman–Crippen MR) is 101 cm³/mol. The van der Waals surface area contributed by atoms with E-state index in [-0.39, 0.29) is 11.7 Å². The largest absolute Gasteiger partial charge is 0.496 e.